The first kappa shape index (κ1) is 16.8. The van der Waals surface area contributed by atoms with Gasteiger partial charge in [0.15, 0.2) is 5.05 Å². The lowest BCUT2D eigenvalue weighted by molar-refractivity contribution is -0.125. The number of thiocarbonyl (C=S) groups is 1. The average Bonchev–Trinajstić information content (AvgIpc) is 2.87. The number of carbonyl (C=O) groups excluding carboxylic acids is 1. The lowest BCUT2D eigenvalue weighted by atomic mass is 10.1. The molecule has 118 valence electrons. The van der Waals surface area contributed by atoms with Crippen molar-refractivity contribution in [2.24, 2.45) is 0 Å². The van der Waals surface area contributed by atoms with Gasteiger partial charge in [-0.05, 0) is 30.8 Å². The van der Waals surface area contributed by atoms with Gasteiger partial charge in [0.05, 0.1) is 18.7 Å². The SMILES string of the molecule is CCC[C@@H](C(=S)OC)N1CC(Oc2ccccc2Cl)=CC1=O. The maximum Gasteiger partial charge on any atom is 0.251 e. The minimum Gasteiger partial charge on any atom is -0.488 e. The van der Waals surface area contributed by atoms with Crippen LogP contribution in [0.3, 0.4) is 0 Å². The van der Waals surface area contributed by atoms with Crippen molar-refractivity contribution in [3.63, 3.8) is 0 Å². The van der Waals surface area contributed by atoms with Crippen LogP contribution in [0.2, 0.25) is 5.02 Å². The molecule has 1 aromatic rings. The van der Waals surface area contributed by atoms with Crippen LogP contribution in [0.5, 0.6) is 5.75 Å². The van der Waals surface area contributed by atoms with Crippen molar-refractivity contribution in [3.8, 4) is 5.75 Å². The van der Waals surface area contributed by atoms with E-state index in [9.17, 15) is 4.79 Å². The topological polar surface area (TPSA) is 38.8 Å². The van der Waals surface area contributed by atoms with E-state index in [2.05, 4.69) is 0 Å². The molecule has 0 unspecified atom stereocenters. The van der Waals surface area contributed by atoms with Gasteiger partial charge in [-0.3, -0.25) is 4.79 Å². The number of ether oxygens (including phenoxy) is 2. The molecule has 0 N–H and O–H groups in total. The first-order chi connectivity index (χ1) is 10.6. The highest BCUT2D eigenvalue weighted by molar-refractivity contribution is 7.80. The summed E-state index contributed by atoms with van der Waals surface area (Å²) in [6.45, 7) is 2.40. The Morgan fingerprint density at radius 1 is 1.45 bits per heavy atom. The molecule has 0 aliphatic carbocycles. The molecule has 0 fully saturated rings. The lowest BCUT2D eigenvalue weighted by Crippen LogP contribution is -2.42. The van der Waals surface area contributed by atoms with Gasteiger partial charge in [-0.2, -0.15) is 0 Å². The fourth-order valence-corrected chi connectivity index (χ4v) is 2.74. The minimum absolute atomic E-state index is 0.125. The Hall–Kier alpha value is -1.59. The highest BCUT2D eigenvalue weighted by Gasteiger charge is 2.32. The van der Waals surface area contributed by atoms with E-state index in [4.69, 9.17) is 33.3 Å². The number of nitrogens with zero attached hydrogens (tertiary/aromatic N) is 1. The van der Waals surface area contributed by atoms with Gasteiger partial charge in [0.1, 0.15) is 17.6 Å². The van der Waals surface area contributed by atoms with Gasteiger partial charge < -0.3 is 14.4 Å². The highest BCUT2D eigenvalue weighted by atomic mass is 35.5. The van der Waals surface area contributed by atoms with E-state index < -0.39 is 0 Å². The van der Waals surface area contributed by atoms with Gasteiger partial charge in [0, 0.05) is 6.08 Å². The maximum absolute atomic E-state index is 12.2. The van der Waals surface area contributed by atoms with Crippen LogP contribution in [0, 0.1) is 0 Å². The number of amides is 1. The smallest absolute Gasteiger partial charge is 0.251 e. The van der Waals surface area contributed by atoms with Gasteiger partial charge >= 0.3 is 0 Å². The molecule has 1 aliphatic heterocycles. The number of hydrogen-bond acceptors (Lipinski definition) is 4. The van der Waals surface area contributed by atoms with Crippen LogP contribution in [0.1, 0.15) is 19.8 Å². The van der Waals surface area contributed by atoms with Crippen LogP contribution >= 0.6 is 23.8 Å². The molecule has 0 aromatic heterocycles. The van der Waals surface area contributed by atoms with Gasteiger partial charge in [-0.1, -0.05) is 37.1 Å². The Morgan fingerprint density at radius 2 is 2.18 bits per heavy atom. The highest BCUT2D eigenvalue weighted by Crippen LogP contribution is 2.27. The predicted octanol–water partition coefficient (Wildman–Crippen LogP) is 3.59. The fraction of sp³-hybridized carbons (Fsp3) is 0.375. The molecule has 0 saturated heterocycles. The van der Waals surface area contributed by atoms with Crippen LogP contribution in [-0.2, 0) is 9.53 Å². The second kappa shape index (κ2) is 7.61. The van der Waals surface area contributed by atoms with Crippen LogP contribution < -0.4 is 4.74 Å². The second-order valence-corrected chi connectivity index (χ2v) is 5.75. The molecule has 0 bridgehead atoms. The van der Waals surface area contributed by atoms with E-state index in [0.717, 1.165) is 12.8 Å². The molecule has 0 radical (unpaired) electrons. The van der Waals surface area contributed by atoms with Crippen molar-refractivity contribution >= 4 is 34.8 Å². The Morgan fingerprint density at radius 3 is 2.82 bits per heavy atom. The van der Waals surface area contributed by atoms with Gasteiger partial charge in [-0.25, -0.2) is 0 Å². The standard InChI is InChI=1S/C16H18ClNO3S/c1-3-6-13(16(22)20-2)18-10-11(9-15(18)19)21-14-8-5-4-7-12(14)17/h4-5,7-9,13H,3,6,10H2,1-2H3/t13-/m0/s1. The van der Waals surface area contributed by atoms with Crippen molar-refractivity contribution in [1.82, 2.24) is 4.90 Å². The zero-order valence-corrected chi connectivity index (χ0v) is 14.1. The quantitative estimate of drug-likeness (QED) is 0.742. The summed E-state index contributed by atoms with van der Waals surface area (Å²) in [4.78, 5) is 13.9. The summed E-state index contributed by atoms with van der Waals surface area (Å²) in [5.74, 6) is 0.962. The minimum atomic E-state index is -0.221. The van der Waals surface area contributed by atoms with Crippen LogP contribution in [0.25, 0.3) is 0 Å². The van der Waals surface area contributed by atoms with E-state index >= 15 is 0 Å². The van der Waals surface area contributed by atoms with Crippen LogP contribution in [0.4, 0.5) is 0 Å². The number of hydrogen-bond donors (Lipinski definition) is 0. The summed E-state index contributed by atoms with van der Waals surface area (Å²) < 4.78 is 10.9. The van der Waals surface area contributed by atoms with Crippen molar-refractivity contribution in [3.05, 3.63) is 41.1 Å². The van der Waals surface area contributed by atoms with Crippen LogP contribution in [0.15, 0.2) is 36.1 Å². The number of benzene rings is 1. The number of methoxy groups -OCH3 is 1. The molecule has 0 spiro atoms. The Bertz CT molecular complexity index is 603. The van der Waals surface area contributed by atoms with Gasteiger partial charge in [0.2, 0.25) is 0 Å². The normalized spacial score (nSPS) is 15.5. The lowest BCUT2D eigenvalue weighted by Gasteiger charge is -2.27. The molecule has 1 aliphatic rings. The van der Waals surface area contributed by atoms with Crippen molar-refractivity contribution < 1.29 is 14.3 Å². The molecule has 1 heterocycles. The molecule has 1 aromatic carbocycles. The predicted molar refractivity (Wildman–Crippen MR) is 90.2 cm³/mol. The molecule has 1 amide bonds. The molecule has 0 saturated carbocycles. The van der Waals surface area contributed by atoms with Crippen molar-refractivity contribution in [2.45, 2.75) is 25.8 Å². The summed E-state index contributed by atoms with van der Waals surface area (Å²) in [5.41, 5.74) is 0. The van der Waals surface area contributed by atoms with E-state index in [1.54, 1.807) is 17.0 Å². The summed E-state index contributed by atoms with van der Waals surface area (Å²) in [5, 5.41) is 0.925. The first-order valence-corrected chi connectivity index (χ1v) is 7.86. The Kier molecular flexibility index (Phi) is 5.80. The van der Waals surface area contributed by atoms with E-state index in [1.807, 2.05) is 19.1 Å². The maximum atomic E-state index is 12.2. The molecule has 22 heavy (non-hydrogen) atoms. The largest absolute Gasteiger partial charge is 0.488 e. The van der Waals surface area contributed by atoms with E-state index in [0.29, 0.717) is 28.1 Å². The molecule has 2 rings (SSSR count). The summed E-state index contributed by atoms with van der Waals surface area (Å²) >= 11 is 11.3. The average molecular weight is 340 g/mol. The summed E-state index contributed by atoms with van der Waals surface area (Å²) in [7, 11) is 1.53. The number of rotatable bonds is 6. The van der Waals surface area contributed by atoms with E-state index in [1.165, 1.54) is 13.2 Å². The fourth-order valence-electron chi connectivity index (χ4n) is 2.32. The zero-order chi connectivity index (χ0) is 16.1. The monoisotopic (exact) mass is 339 g/mol. The number of para-hydroxylation sites is 1. The van der Waals surface area contributed by atoms with Crippen molar-refractivity contribution in [1.29, 1.82) is 0 Å². The number of halogens is 1. The molecule has 6 heteroatoms. The van der Waals surface area contributed by atoms with Gasteiger partial charge in [-0.15, -0.1) is 0 Å². The molecular formula is C16H18ClNO3S. The second-order valence-electron chi connectivity index (χ2n) is 4.94. The molecule has 1 atom stereocenters. The number of carbonyl (C=O) groups is 1. The zero-order valence-electron chi connectivity index (χ0n) is 12.5. The van der Waals surface area contributed by atoms with Crippen molar-refractivity contribution in [2.75, 3.05) is 13.7 Å². The van der Waals surface area contributed by atoms with Crippen LogP contribution in [-0.4, -0.2) is 35.6 Å². The third kappa shape index (κ3) is 3.78. The third-order valence-electron chi connectivity index (χ3n) is 3.38. The van der Waals surface area contributed by atoms with E-state index in [-0.39, 0.29) is 11.9 Å². The summed E-state index contributed by atoms with van der Waals surface area (Å²) in [6, 6.07) is 6.94. The summed E-state index contributed by atoms with van der Waals surface area (Å²) in [6.07, 6.45) is 3.13. The third-order valence-corrected chi connectivity index (χ3v) is 4.13. The van der Waals surface area contributed by atoms with Gasteiger partial charge in [0.25, 0.3) is 5.91 Å². The Balaban J connectivity index is 2.10. The molecule has 4 nitrogen and oxygen atoms in total. The molecular weight excluding hydrogens is 322 g/mol. The Labute approximate surface area is 140 Å². The first-order valence-electron chi connectivity index (χ1n) is 7.08.